The van der Waals surface area contributed by atoms with E-state index >= 15 is 0 Å². The Kier molecular flexibility index (Phi) is 5.95. The minimum Gasteiger partial charge on any atom is -0.271 e. The topological polar surface area (TPSA) is 103 Å². The van der Waals surface area contributed by atoms with Gasteiger partial charge >= 0.3 is 11.7 Å². The van der Waals surface area contributed by atoms with E-state index in [1.165, 1.54) is 29.3 Å². The van der Waals surface area contributed by atoms with Crippen LogP contribution in [0.4, 0.5) is 4.79 Å². The van der Waals surface area contributed by atoms with E-state index in [1.54, 1.807) is 24.5 Å². The zero-order chi connectivity index (χ0) is 20.6. The highest BCUT2D eigenvalue weighted by Gasteiger charge is 2.33. The van der Waals surface area contributed by atoms with Crippen molar-refractivity contribution in [1.82, 2.24) is 19.1 Å². The molecule has 1 fully saturated rings. The number of carbonyl (C=O) groups excluding carboxylic acids is 1. The minimum absolute atomic E-state index is 0.0211. The quantitative estimate of drug-likeness (QED) is 0.684. The average Bonchev–Trinajstić information content (AvgIpc) is 3.42. The first-order valence-corrected chi connectivity index (χ1v) is 11.6. The van der Waals surface area contributed by atoms with Crippen LogP contribution in [0.2, 0.25) is 0 Å². The third kappa shape index (κ3) is 4.00. The third-order valence-electron chi connectivity index (χ3n) is 3.99. The Bertz CT molecular complexity index is 1130. The number of carbonyl (C=O) groups is 1. The molecule has 0 bridgehead atoms. The van der Waals surface area contributed by atoms with E-state index in [1.807, 2.05) is 4.72 Å². The summed E-state index contributed by atoms with van der Waals surface area (Å²) >= 11 is 13.3. The molecule has 0 radical (unpaired) electrons. The van der Waals surface area contributed by atoms with E-state index in [0.717, 1.165) is 12.8 Å². The van der Waals surface area contributed by atoms with Gasteiger partial charge in [-0.2, -0.15) is 0 Å². The highest BCUT2D eigenvalue weighted by atomic mass is 35.5. The summed E-state index contributed by atoms with van der Waals surface area (Å²) in [5, 5.41) is 4.14. The van der Waals surface area contributed by atoms with Gasteiger partial charge in [0.15, 0.2) is 5.82 Å². The van der Waals surface area contributed by atoms with Gasteiger partial charge in [-0.1, -0.05) is 35.3 Å². The predicted octanol–water partition coefficient (Wildman–Crippen LogP) is 3.21. The Hall–Kier alpha value is -1.75. The number of rotatable bonds is 5. The fraction of sp³-hybridized carbons (Fsp3) is 0.312. The molecule has 1 aliphatic carbocycles. The molecule has 2 aromatic rings. The van der Waals surface area contributed by atoms with Gasteiger partial charge in [-0.05, 0) is 38.2 Å². The summed E-state index contributed by atoms with van der Waals surface area (Å²) in [4.78, 5) is 25.6. The smallest absolute Gasteiger partial charge is 0.271 e. The Labute approximate surface area is 175 Å². The van der Waals surface area contributed by atoms with Crippen LogP contribution in [-0.2, 0) is 10.0 Å². The van der Waals surface area contributed by atoms with E-state index in [4.69, 9.17) is 23.2 Å². The molecular formula is C16H16Cl2N4O4S2. The number of halogens is 2. The lowest BCUT2D eigenvalue weighted by atomic mass is 10.4. The SMILES string of the molecule is CSc1ccccc1S(=O)(=O)NC(=O)n1nc(/C(Cl)=C(/C)Cl)n(C2CC2)c1=O. The second kappa shape index (κ2) is 7.94. The van der Waals surface area contributed by atoms with Crippen molar-refractivity contribution >= 4 is 56.1 Å². The van der Waals surface area contributed by atoms with Crippen molar-refractivity contribution in [3.8, 4) is 0 Å². The summed E-state index contributed by atoms with van der Waals surface area (Å²) in [5.41, 5.74) is -0.778. The van der Waals surface area contributed by atoms with Crippen LogP contribution >= 0.6 is 35.0 Å². The zero-order valence-electron chi connectivity index (χ0n) is 14.8. The number of hydrogen-bond donors (Lipinski definition) is 1. The Morgan fingerprint density at radius 3 is 2.50 bits per heavy atom. The van der Waals surface area contributed by atoms with Gasteiger partial charge in [0, 0.05) is 16.0 Å². The fourth-order valence-electron chi connectivity index (χ4n) is 2.53. The van der Waals surface area contributed by atoms with E-state index in [0.29, 0.717) is 9.58 Å². The summed E-state index contributed by atoms with van der Waals surface area (Å²) in [6.07, 6.45) is 3.17. The molecule has 0 aliphatic heterocycles. The van der Waals surface area contributed by atoms with Crippen molar-refractivity contribution in [3.63, 3.8) is 0 Å². The second-order valence-electron chi connectivity index (χ2n) is 6.03. The number of benzene rings is 1. The highest BCUT2D eigenvalue weighted by molar-refractivity contribution is 7.99. The minimum atomic E-state index is -4.21. The second-order valence-corrected chi connectivity index (χ2v) is 9.47. The molecule has 0 spiro atoms. The normalized spacial score (nSPS) is 15.3. The molecule has 0 atom stereocenters. The van der Waals surface area contributed by atoms with Crippen LogP contribution in [0.5, 0.6) is 0 Å². The number of nitrogens with zero attached hydrogens (tertiary/aromatic N) is 3. The van der Waals surface area contributed by atoms with E-state index in [2.05, 4.69) is 5.10 Å². The molecule has 0 saturated heterocycles. The van der Waals surface area contributed by atoms with Crippen molar-refractivity contribution in [2.45, 2.75) is 35.6 Å². The number of thioether (sulfide) groups is 1. The van der Waals surface area contributed by atoms with Crippen LogP contribution in [-0.4, -0.2) is 35.1 Å². The van der Waals surface area contributed by atoms with E-state index < -0.39 is 21.7 Å². The van der Waals surface area contributed by atoms with Gasteiger partial charge in [0.1, 0.15) is 4.90 Å². The Morgan fingerprint density at radius 1 is 1.29 bits per heavy atom. The molecule has 3 rings (SSSR count). The molecule has 0 unspecified atom stereocenters. The lowest BCUT2D eigenvalue weighted by Crippen LogP contribution is -2.40. The molecule has 1 heterocycles. The highest BCUT2D eigenvalue weighted by Crippen LogP contribution is 2.37. The first-order valence-electron chi connectivity index (χ1n) is 8.11. The maximum absolute atomic E-state index is 12.7. The van der Waals surface area contributed by atoms with Gasteiger partial charge < -0.3 is 0 Å². The maximum atomic E-state index is 12.7. The summed E-state index contributed by atoms with van der Waals surface area (Å²) in [7, 11) is -4.21. The van der Waals surface area contributed by atoms with Crippen molar-refractivity contribution in [1.29, 1.82) is 0 Å². The number of sulfonamides is 1. The fourth-order valence-corrected chi connectivity index (χ4v) is 4.82. The third-order valence-corrected chi connectivity index (χ3v) is 7.04. The first-order chi connectivity index (χ1) is 13.2. The molecule has 1 amide bonds. The molecule has 150 valence electrons. The Balaban J connectivity index is 2.01. The van der Waals surface area contributed by atoms with E-state index in [-0.39, 0.29) is 26.8 Å². The number of amides is 1. The molecular weight excluding hydrogens is 447 g/mol. The van der Waals surface area contributed by atoms with Crippen LogP contribution in [0.3, 0.4) is 0 Å². The predicted molar refractivity (Wildman–Crippen MR) is 108 cm³/mol. The van der Waals surface area contributed by atoms with Crippen LogP contribution in [0.1, 0.15) is 31.6 Å². The maximum Gasteiger partial charge on any atom is 0.360 e. The number of allylic oxidation sites excluding steroid dienone is 1. The largest absolute Gasteiger partial charge is 0.360 e. The first kappa shape index (κ1) is 21.0. The van der Waals surface area contributed by atoms with Gasteiger partial charge in [0.05, 0.1) is 5.03 Å². The zero-order valence-corrected chi connectivity index (χ0v) is 18.0. The molecule has 1 aromatic carbocycles. The van der Waals surface area contributed by atoms with Crippen LogP contribution in [0, 0.1) is 0 Å². The van der Waals surface area contributed by atoms with Crippen molar-refractivity contribution in [2.24, 2.45) is 0 Å². The molecule has 1 aliphatic rings. The van der Waals surface area contributed by atoms with Crippen molar-refractivity contribution in [3.05, 3.63) is 45.6 Å². The lowest BCUT2D eigenvalue weighted by molar-refractivity contribution is 0.243. The monoisotopic (exact) mass is 462 g/mol. The van der Waals surface area contributed by atoms with Gasteiger partial charge in [-0.15, -0.1) is 21.5 Å². The summed E-state index contributed by atoms with van der Waals surface area (Å²) in [6.45, 7) is 1.52. The van der Waals surface area contributed by atoms with Gasteiger partial charge in [0.25, 0.3) is 10.0 Å². The van der Waals surface area contributed by atoms with Gasteiger partial charge in [-0.25, -0.2) is 22.7 Å². The van der Waals surface area contributed by atoms with Crippen molar-refractivity contribution in [2.75, 3.05) is 6.26 Å². The molecule has 1 aromatic heterocycles. The number of hydrogen-bond acceptors (Lipinski definition) is 6. The summed E-state index contributed by atoms with van der Waals surface area (Å²) in [5.74, 6) is 0.0266. The molecule has 12 heteroatoms. The standard InChI is InChI=1S/C16H16Cl2N4O4S2/c1-9(17)13(18)14-19-22(16(24)21(14)10-7-8-10)15(23)20-28(25,26)12-6-4-3-5-11(12)27-2/h3-6,10H,7-8H2,1-2H3,(H,20,23)/b13-9+. The molecule has 1 N–H and O–H groups in total. The average molecular weight is 463 g/mol. The van der Waals surface area contributed by atoms with E-state index in [9.17, 15) is 18.0 Å². The van der Waals surface area contributed by atoms with Gasteiger partial charge in [0.2, 0.25) is 0 Å². The number of aromatic nitrogens is 3. The van der Waals surface area contributed by atoms with Gasteiger partial charge in [-0.3, -0.25) is 4.57 Å². The molecule has 28 heavy (non-hydrogen) atoms. The van der Waals surface area contributed by atoms with Crippen LogP contribution < -0.4 is 10.4 Å². The number of nitrogens with one attached hydrogen (secondary N) is 1. The molecule has 8 nitrogen and oxygen atoms in total. The van der Waals surface area contributed by atoms with Crippen LogP contribution in [0.25, 0.3) is 5.03 Å². The Morgan fingerprint density at radius 2 is 1.93 bits per heavy atom. The summed E-state index contributed by atoms with van der Waals surface area (Å²) < 4.78 is 28.9. The molecule has 1 saturated carbocycles. The lowest BCUT2D eigenvalue weighted by Gasteiger charge is -2.09. The summed E-state index contributed by atoms with van der Waals surface area (Å²) in [6, 6.07) is 4.86. The van der Waals surface area contributed by atoms with Crippen molar-refractivity contribution < 1.29 is 13.2 Å². The van der Waals surface area contributed by atoms with Crippen LogP contribution in [0.15, 0.2) is 43.9 Å².